The largest absolute Gasteiger partial charge is 0.493 e. The van der Waals surface area contributed by atoms with Gasteiger partial charge in [0.1, 0.15) is 24.7 Å². The Balaban J connectivity index is 0.00000659. The van der Waals surface area contributed by atoms with Gasteiger partial charge in [-0.2, -0.15) is 6.42 Å². The number of rotatable bonds is 22. The third-order valence-electron chi connectivity index (χ3n) is 13.9. The van der Waals surface area contributed by atoms with Gasteiger partial charge in [-0.3, -0.25) is 14.4 Å². The average molecular weight is 1020 g/mol. The minimum absolute atomic E-state index is 0. The summed E-state index contributed by atoms with van der Waals surface area (Å²) in [6.45, 7) is 8.06. The molecule has 13 heteroatoms. The van der Waals surface area contributed by atoms with E-state index in [4.69, 9.17) is 28.4 Å². The van der Waals surface area contributed by atoms with Gasteiger partial charge in [0, 0.05) is 100.0 Å². The second kappa shape index (κ2) is 23.9. The number of benzene rings is 5. The fraction of sp³-hybridized carbons (Fsp3) is 0.404. The van der Waals surface area contributed by atoms with Crippen molar-refractivity contribution in [1.29, 1.82) is 0 Å². The van der Waals surface area contributed by atoms with Gasteiger partial charge >= 0.3 is 0 Å². The molecule has 2 atom stereocenters. The summed E-state index contributed by atoms with van der Waals surface area (Å²) in [6.07, 6.45) is 7.87. The fourth-order valence-electron chi connectivity index (χ4n) is 10.3. The molecule has 0 unspecified atom stereocenters. The number of methoxy groups -OCH3 is 2. The summed E-state index contributed by atoms with van der Waals surface area (Å²) in [4.78, 5) is 47.0. The van der Waals surface area contributed by atoms with Crippen LogP contribution in [0, 0.1) is 13.3 Å². The number of aryl methyl sites for hydroxylation is 2. The number of carbonyl (C=O) groups is 3. The van der Waals surface area contributed by atoms with Gasteiger partial charge in [0.2, 0.25) is 0 Å². The van der Waals surface area contributed by atoms with Gasteiger partial charge in [-0.25, -0.2) is 0 Å². The maximum Gasteiger partial charge on any atom is 0.258 e. The second-order valence-electron chi connectivity index (χ2n) is 18.4. The Hall–Kier alpha value is -5.11. The number of Topliss-reactive ketones (excluding diaryl/α,β-unsaturated/α-hetero) is 1. The monoisotopic (exact) mass is 1020 g/mol. The summed E-state index contributed by atoms with van der Waals surface area (Å²) in [5.41, 5.74) is 11.3. The number of ketones is 1. The van der Waals surface area contributed by atoms with Crippen molar-refractivity contribution >= 4 is 34.7 Å². The molecule has 0 saturated carbocycles. The standard InChI is InChI=1S/C57H64N3O9.Y/c1-5-48(61)13-10-20-58(21-22-66-25-26-67-24-23-64-3)47-29-39(36-68-53-33-41-16-18-45-31-43-11-6-8-14-51(43)59(45)56(62)49(41)27-38(53)2)28-40(30-47)37-69-55-34-42-17-19-46-32-44-12-7-9-15-52(44)60(46)57(63)50(42)35-54(55)65-4;/h6-9,11-12,14-15,19,27-30,33-35,45-46H,5,10,13,16-18,20-26,31-32,36-37H2,1-4H3;/q-1;/t45-,46-;/m1./s1. The van der Waals surface area contributed by atoms with E-state index in [-0.39, 0.29) is 75.6 Å². The van der Waals surface area contributed by atoms with Crippen molar-refractivity contribution in [2.75, 3.05) is 75.0 Å². The van der Waals surface area contributed by atoms with E-state index in [1.165, 1.54) is 11.1 Å². The third kappa shape index (κ3) is 11.5. The molecule has 0 aliphatic carbocycles. The first-order valence-corrected chi connectivity index (χ1v) is 24.5. The maximum atomic E-state index is 14.2. The van der Waals surface area contributed by atoms with E-state index in [2.05, 4.69) is 53.8 Å². The zero-order valence-corrected chi connectivity index (χ0v) is 43.8. The van der Waals surface area contributed by atoms with Crippen LogP contribution in [0.5, 0.6) is 17.2 Å². The number of anilines is 3. The second-order valence-corrected chi connectivity index (χ2v) is 18.4. The predicted molar refractivity (Wildman–Crippen MR) is 267 cm³/mol. The van der Waals surface area contributed by atoms with Gasteiger partial charge in [-0.05, 0) is 127 Å². The average Bonchev–Trinajstić information content (AvgIpc) is 3.86. The number of amides is 2. The van der Waals surface area contributed by atoms with Crippen molar-refractivity contribution in [3.63, 3.8) is 0 Å². The summed E-state index contributed by atoms with van der Waals surface area (Å²) in [7, 11) is 3.25. The molecule has 4 aliphatic rings. The van der Waals surface area contributed by atoms with Gasteiger partial charge in [0.05, 0.1) is 40.1 Å². The molecule has 5 aromatic rings. The number of carbonyl (C=O) groups excluding carboxylic acids is 3. The van der Waals surface area contributed by atoms with Crippen LogP contribution >= 0.6 is 0 Å². The van der Waals surface area contributed by atoms with Crippen molar-refractivity contribution in [3.8, 4) is 17.2 Å². The number of fused-ring (bicyclic) bond motifs is 8. The first-order chi connectivity index (χ1) is 33.7. The van der Waals surface area contributed by atoms with Crippen LogP contribution in [0.4, 0.5) is 17.1 Å². The molecule has 0 aromatic heterocycles. The Bertz CT molecular complexity index is 2670. The van der Waals surface area contributed by atoms with Crippen LogP contribution in [-0.2, 0) is 90.6 Å². The van der Waals surface area contributed by atoms with E-state index in [9.17, 15) is 14.4 Å². The molecule has 4 heterocycles. The van der Waals surface area contributed by atoms with Crippen LogP contribution in [0.15, 0.2) is 91.0 Å². The fourth-order valence-corrected chi connectivity index (χ4v) is 10.3. The van der Waals surface area contributed by atoms with E-state index in [1.54, 1.807) is 14.2 Å². The summed E-state index contributed by atoms with van der Waals surface area (Å²) in [5.74, 6) is 2.03. The molecular formula is C57H64N3O9Y-. The van der Waals surface area contributed by atoms with E-state index >= 15 is 0 Å². The summed E-state index contributed by atoms with van der Waals surface area (Å²) < 4.78 is 36.0. The topological polar surface area (TPSA) is 116 Å². The molecule has 0 fully saturated rings. The molecule has 5 aromatic carbocycles. The van der Waals surface area contributed by atoms with Gasteiger partial charge in [-0.15, -0.1) is 0 Å². The molecule has 0 N–H and O–H groups in total. The van der Waals surface area contributed by atoms with E-state index in [1.807, 2.05) is 72.2 Å². The number of hydrogen-bond acceptors (Lipinski definition) is 10. The molecule has 365 valence electrons. The predicted octanol–water partition coefficient (Wildman–Crippen LogP) is 9.25. The minimum atomic E-state index is -0.0401. The Morgan fingerprint density at radius 2 is 1.34 bits per heavy atom. The van der Waals surface area contributed by atoms with Crippen LogP contribution in [-0.4, -0.2) is 90.0 Å². The first-order valence-electron chi connectivity index (χ1n) is 24.5. The van der Waals surface area contributed by atoms with Crippen LogP contribution in [0.2, 0.25) is 0 Å². The summed E-state index contributed by atoms with van der Waals surface area (Å²) in [6, 6.07) is 30.7. The smallest absolute Gasteiger partial charge is 0.258 e. The SMILES string of the molecule is CCC(=O)CCCN(CCOCCOCCOC)c1cc(COc2cc3c(cc2C)C(=O)N2c4ccccc4C[C@H]2CC3)cc(COc2cc3c(cc2OC)C(=O)N2c4ccccc4C[C@H]2[CH-]C3)c1.[Y]. The van der Waals surface area contributed by atoms with Crippen molar-refractivity contribution in [1.82, 2.24) is 0 Å². The minimum Gasteiger partial charge on any atom is -0.493 e. The van der Waals surface area contributed by atoms with E-state index < -0.39 is 0 Å². The summed E-state index contributed by atoms with van der Waals surface area (Å²) >= 11 is 0. The molecule has 70 heavy (non-hydrogen) atoms. The van der Waals surface area contributed by atoms with Gasteiger partial charge in [0.25, 0.3) is 11.8 Å². The van der Waals surface area contributed by atoms with Crippen LogP contribution < -0.4 is 28.9 Å². The first kappa shape index (κ1) is 51.3. The quantitative estimate of drug-likeness (QED) is 0.0491. The molecule has 2 amide bonds. The van der Waals surface area contributed by atoms with Crippen LogP contribution in [0.25, 0.3) is 0 Å². The molecule has 0 saturated heterocycles. The van der Waals surface area contributed by atoms with Gasteiger partial charge in [0.15, 0.2) is 11.5 Å². The van der Waals surface area contributed by atoms with Gasteiger partial charge < -0.3 is 49.5 Å². The van der Waals surface area contributed by atoms with Crippen molar-refractivity contribution in [2.24, 2.45) is 0 Å². The Morgan fingerprint density at radius 1 is 0.700 bits per heavy atom. The third-order valence-corrected chi connectivity index (χ3v) is 13.9. The molecule has 12 nitrogen and oxygen atoms in total. The zero-order valence-electron chi connectivity index (χ0n) is 41.0. The molecule has 9 rings (SSSR count). The molecule has 0 bridgehead atoms. The van der Waals surface area contributed by atoms with Crippen molar-refractivity contribution < 1.29 is 75.5 Å². The van der Waals surface area contributed by atoms with Crippen LogP contribution in [0.3, 0.4) is 0 Å². The van der Waals surface area contributed by atoms with E-state index in [0.717, 1.165) is 81.9 Å². The molecular weight excluding hydrogens is 960 g/mol. The zero-order chi connectivity index (χ0) is 47.9. The Labute approximate surface area is 437 Å². The maximum absolute atomic E-state index is 14.2. The molecule has 4 aliphatic heterocycles. The van der Waals surface area contributed by atoms with E-state index in [0.29, 0.717) is 88.9 Å². The normalized spacial score (nSPS) is 16.5. The Morgan fingerprint density at radius 3 is 2.07 bits per heavy atom. The summed E-state index contributed by atoms with van der Waals surface area (Å²) in [5, 5.41) is 0. The number of ether oxygens (including phenoxy) is 6. The van der Waals surface area contributed by atoms with Crippen LogP contribution in [0.1, 0.15) is 92.3 Å². The number of nitrogens with zero attached hydrogens (tertiary/aromatic N) is 3. The number of para-hydroxylation sites is 2. The Kier molecular flexibility index (Phi) is 17.5. The van der Waals surface area contributed by atoms with Crippen molar-refractivity contribution in [3.05, 3.63) is 147 Å². The van der Waals surface area contributed by atoms with Crippen molar-refractivity contribution in [2.45, 2.75) is 90.5 Å². The van der Waals surface area contributed by atoms with Gasteiger partial charge in [-0.1, -0.05) is 54.9 Å². The number of hydrogen-bond donors (Lipinski definition) is 0. The molecule has 0 spiro atoms. The molecule has 1 radical (unpaired) electrons.